The van der Waals surface area contributed by atoms with E-state index in [9.17, 15) is 5.11 Å². The predicted molar refractivity (Wildman–Crippen MR) is 133 cm³/mol. The fourth-order valence-electron chi connectivity index (χ4n) is 5.98. The van der Waals surface area contributed by atoms with Crippen molar-refractivity contribution < 1.29 is 14.2 Å². The van der Waals surface area contributed by atoms with E-state index in [-0.39, 0.29) is 23.9 Å². The molecule has 0 radical (unpaired) electrons. The van der Waals surface area contributed by atoms with Crippen LogP contribution in [0.5, 0.6) is 11.5 Å². The van der Waals surface area contributed by atoms with Gasteiger partial charge in [-0.3, -0.25) is 4.98 Å². The molecule has 3 fully saturated rings. The summed E-state index contributed by atoms with van der Waals surface area (Å²) in [6.45, 7) is 0.701. The third kappa shape index (κ3) is 3.86. The normalized spacial score (nSPS) is 26.8. The fraction of sp³-hybridized carbons (Fsp3) is 0.481. The van der Waals surface area contributed by atoms with Gasteiger partial charge < -0.3 is 20.1 Å². The molecule has 3 aliphatic heterocycles. The van der Waals surface area contributed by atoms with Gasteiger partial charge in [0.1, 0.15) is 23.4 Å². The number of piperidine rings is 1. The number of fused-ring (bicyclic) bond motifs is 3. The molecule has 2 aromatic heterocycles. The summed E-state index contributed by atoms with van der Waals surface area (Å²) < 4.78 is 21.0. The number of aromatic nitrogens is 4. The van der Waals surface area contributed by atoms with Gasteiger partial charge in [0.05, 0.1) is 24.5 Å². The molecule has 2 N–H and O–H groups in total. The maximum absolute atomic E-state index is 15.3. The second-order valence-electron chi connectivity index (χ2n) is 10.4. The highest BCUT2D eigenvalue weighted by Crippen LogP contribution is 2.40. The SMILES string of the molecule is Oc1cc(-c2cnc3c(c2)OCCC3)ccc1-c1cnc(N(C2CC2)[C@@H]2C[C@@H]3CC[C@H](N3)[C@@H]2F)nn1. The Hall–Kier alpha value is -3.33. The van der Waals surface area contributed by atoms with E-state index in [1.54, 1.807) is 12.3 Å². The molecule has 3 aromatic rings. The third-order valence-corrected chi connectivity index (χ3v) is 7.98. The van der Waals surface area contributed by atoms with E-state index in [0.29, 0.717) is 29.9 Å². The van der Waals surface area contributed by atoms with Crippen LogP contribution in [0, 0.1) is 0 Å². The molecule has 36 heavy (non-hydrogen) atoms. The first-order valence-electron chi connectivity index (χ1n) is 13.0. The molecule has 0 amide bonds. The molecule has 1 saturated carbocycles. The van der Waals surface area contributed by atoms with Crippen LogP contribution in [-0.4, -0.2) is 62.2 Å². The van der Waals surface area contributed by atoms with Gasteiger partial charge in [-0.05, 0) is 68.7 Å². The number of hydrogen-bond donors (Lipinski definition) is 2. The van der Waals surface area contributed by atoms with Crippen LogP contribution in [0.1, 0.15) is 44.2 Å². The maximum atomic E-state index is 15.3. The zero-order valence-electron chi connectivity index (χ0n) is 20.0. The predicted octanol–water partition coefficient (Wildman–Crippen LogP) is 3.83. The summed E-state index contributed by atoms with van der Waals surface area (Å²) in [5.41, 5.74) is 3.73. The number of alkyl halides is 1. The molecule has 4 atom stereocenters. The number of phenolic OH excluding ortho intramolecular Hbond substituents is 1. The number of rotatable bonds is 5. The molecule has 0 unspecified atom stereocenters. The van der Waals surface area contributed by atoms with Gasteiger partial charge in [0.2, 0.25) is 5.95 Å². The number of nitrogens with zero attached hydrogens (tertiary/aromatic N) is 5. The summed E-state index contributed by atoms with van der Waals surface area (Å²) >= 11 is 0. The summed E-state index contributed by atoms with van der Waals surface area (Å²) in [6.07, 6.45) is 9.16. The number of aryl methyl sites for hydroxylation is 1. The van der Waals surface area contributed by atoms with E-state index in [2.05, 4.69) is 30.4 Å². The largest absolute Gasteiger partial charge is 0.507 e. The first kappa shape index (κ1) is 21.9. The second-order valence-corrected chi connectivity index (χ2v) is 10.4. The number of ether oxygens (including phenoxy) is 1. The molecule has 2 bridgehead atoms. The minimum atomic E-state index is -0.937. The van der Waals surface area contributed by atoms with E-state index < -0.39 is 6.17 Å². The molecule has 1 aromatic carbocycles. The van der Waals surface area contributed by atoms with Crippen molar-refractivity contribution >= 4 is 5.95 Å². The monoisotopic (exact) mass is 488 g/mol. The standard InChI is InChI=1S/C27H29FN6O2/c28-26-21-8-4-17(31-21)12-23(26)34(18-5-6-18)27-30-14-22(32-33-27)19-7-3-15(10-24(19)35)16-11-25-20(29-13-16)2-1-9-36-25/h3,7,10-11,13-14,17-18,21,23,26,31,35H,1-2,4-6,8-9,12H2/t17-,21-,23+,26-/m0/s1. The van der Waals surface area contributed by atoms with Crippen molar-refractivity contribution in [2.45, 2.75) is 75.3 Å². The van der Waals surface area contributed by atoms with E-state index in [1.807, 2.05) is 24.4 Å². The van der Waals surface area contributed by atoms with Crippen LogP contribution < -0.4 is 15.0 Å². The maximum Gasteiger partial charge on any atom is 0.245 e. The van der Waals surface area contributed by atoms with Crippen molar-refractivity contribution in [1.82, 2.24) is 25.5 Å². The van der Waals surface area contributed by atoms with Crippen LogP contribution >= 0.6 is 0 Å². The molecule has 4 aliphatic rings. The van der Waals surface area contributed by atoms with Crippen molar-refractivity contribution in [3.05, 3.63) is 42.4 Å². The number of pyridine rings is 1. The van der Waals surface area contributed by atoms with Gasteiger partial charge in [-0.2, -0.15) is 0 Å². The number of phenols is 1. The topological polar surface area (TPSA) is 96.3 Å². The molecule has 186 valence electrons. The zero-order valence-corrected chi connectivity index (χ0v) is 20.0. The Balaban J connectivity index is 1.14. The van der Waals surface area contributed by atoms with Crippen molar-refractivity contribution in [3.8, 4) is 33.9 Å². The molecule has 9 heteroatoms. The molecular formula is C27H29FN6O2. The molecule has 5 heterocycles. The van der Waals surface area contributed by atoms with Gasteiger partial charge in [0.15, 0.2) is 0 Å². The summed E-state index contributed by atoms with van der Waals surface area (Å²) in [6, 6.07) is 7.77. The summed E-state index contributed by atoms with van der Waals surface area (Å²) in [7, 11) is 0. The zero-order chi connectivity index (χ0) is 24.2. The van der Waals surface area contributed by atoms with Gasteiger partial charge in [-0.15, -0.1) is 10.2 Å². The van der Waals surface area contributed by atoms with Gasteiger partial charge in [0, 0.05) is 35.4 Å². The van der Waals surface area contributed by atoms with Crippen LogP contribution in [0.2, 0.25) is 0 Å². The Morgan fingerprint density at radius 2 is 1.94 bits per heavy atom. The Bertz CT molecular complexity index is 1280. The number of halogens is 1. The Labute approximate surface area is 208 Å². The van der Waals surface area contributed by atoms with Crippen molar-refractivity contribution in [3.63, 3.8) is 0 Å². The van der Waals surface area contributed by atoms with E-state index in [0.717, 1.165) is 67.5 Å². The number of hydrogen-bond acceptors (Lipinski definition) is 8. The lowest BCUT2D eigenvalue weighted by atomic mass is 9.96. The van der Waals surface area contributed by atoms with Crippen LogP contribution in [0.15, 0.2) is 36.7 Å². The van der Waals surface area contributed by atoms with Crippen LogP contribution in [-0.2, 0) is 6.42 Å². The molecule has 7 rings (SSSR count). The molecule has 1 aliphatic carbocycles. The lowest BCUT2D eigenvalue weighted by Gasteiger charge is -2.40. The fourth-order valence-corrected chi connectivity index (χ4v) is 5.98. The first-order valence-corrected chi connectivity index (χ1v) is 13.0. The highest BCUT2D eigenvalue weighted by atomic mass is 19.1. The van der Waals surface area contributed by atoms with Crippen LogP contribution in [0.25, 0.3) is 22.4 Å². The first-order chi connectivity index (χ1) is 17.6. The van der Waals surface area contributed by atoms with Gasteiger partial charge in [-0.1, -0.05) is 6.07 Å². The smallest absolute Gasteiger partial charge is 0.245 e. The molecule has 2 saturated heterocycles. The van der Waals surface area contributed by atoms with Crippen molar-refractivity contribution in [2.75, 3.05) is 11.5 Å². The van der Waals surface area contributed by atoms with E-state index in [1.165, 1.54) is 0 Å². The average Bonchev–Trinajstić information content (AvgIpc) is 3.66. The Kier molecular flexibility index (Phi) is 5.27. The van der Waals surface area contributed by atoms with Gasteiger partial charge in [0.25, 0.3) is 0 Å². The average molecular weight is 489 g/mol. The minimum absolute atomic E-state index is 0.0745. The summed E-state index contributed by atoms with van der Waals surface area (Å²) in [4.78, 5) is 11.2. The lowest BCUT2D eigenvalue weighted by molar-refractivity contribution is 0.171. The van der Waals surface area contributed by atoms with Crippen LogP contribution in [0.3, 0.4) is 0 Å². The van der Waals surface area contributed by atoms with E-state index in [4.69, 9.17) is 4.74 Å². The third-order valence-electron chi connectivity index (χ3n) is 7.98. The van der Waals surface area contributed by atoms with Gasteiger partial charge in [-0.25, -0.2) is 9.37 Å². The van der Waals surface area contributed by atoms with Crippen molar-refractivity contribution in [1.29, 1.82) is 0 Å². The van der Waals surface area contributed by atoms with Gasteiger partial charge >= 0.3 is 0 Å². The Morgan fingerprint density at radius 3 is 2.75 bits per heavy atom. The lowest BCUT2D eigenvalue weighted by Crippen LogP contribution is -2.57. The van der Waals surface area contributed by atoms with Crippen LogP contribution in [0.4, 0.5) is 10.3 Å². The van der Waals surface area contributed by atoms with Crippen molar-refractivity contribution in [2.24, 2.45) is 0 Å². The summed E-state index contributed by atoms with van der Waals surface area (Å²) in [5.74, 6) is 1.38. The molecule has 0 spiro atoms. The number of nitrogens with one attached hydrogen (secondary N) is 1. The quantitative estimate of drug-likeness (QED) is 0.560. The summed E-state index contributed by atoms with van der Waals surface area (Å²) in [5, 5.41) is 23.0. The number of aromatic hydroxyl groups is 1. The minimum Gasteiger partial charge on any atom is -0.507 e. The highest BCUT2D eigenvalue weighted by molar-refractivity contribution is 5.74. The second kappa shape index (κ2) is 8.65. The number of anilines is 1. The molecular weight excluding hydrogens is 459 g/mol. The van der Waals surface area contributed by atoms with E-state index >= 15 is 4.39 Å². The Morgan fingerprint density at radius 1 is 1.03 bits per heavy atom. The number of benzene rings is 1. The highest BCUT2D eigenvalue weighted by Gasteiger charge is 2.48. The molecule has 8 nitrogen and oxygen atoms in total.